The van der Waals surface area contributed by atoms with E-state index < -0.39 is 0 Å². The van der Waals surface area contributed by atoms with Crippen molar-refractivity contribution in [3.8, 4) is 0 Å². The van der Waals surface area contributed by atoms with E-state index in [0.717, 1.165) is 24.6 Å². The van der Waals surface area contributed by atoms with Crippen LogP contribution in [0.4, 0.5) is 0 Å². The fraction of sp³-hybridized carbons (Fsp3) is 0.600. The van der Waals surface area contributed by atoms with Crippen molar-refractivity contribution in [1.82, 2.24) is 19.9 Å². The molecule has 5 heteroatoms. The van der Waals surface area contributed by atoms with Crippen molar-refractivity contribution in [2.45, 2.75) is 39.0 Å². The first kappa shape index (κ1) is 12.3. The number of pyridine rings is 1. The summed E-state index contributed by atoms with van der Waals surface area (Å²) in [4.78, 5) is 0. The summed E-state index contributed by atoms with van der Waals surface area (Å²) in [6.07, 6.45) is 3.61. The lowest BCUT2D eigenvalue weighted by Gasteiger charge is -2.54. The Kier molecular flexibility index (Phi) is 2.62. The van der Waals surface area contributed by atoms with E-state index in [4.69, 9.17) is 4.74 Å². The topological polar surface area (TPSA) is 51.5 Å². The molecule has 0 spiro atoms. The van der Waals surface area contributed by atoms with E-state index in [1.807, 2.05) is 28.8 Å². The number of aromatic nitrogens is 3. The number of rotatable bonds is 3. The second kappa shape index (κ2) is 4.27. The molecule has 3 atom stereocenters. The third kappa shape index (κ3) is 1.63. The molecular weight excluding hydrogens is 252 g/mol. The van der Waals surface area contributed by atoms with E-state index in [1.54, 1.807) is 0 Å². The summed E-state index contributed by atoms with van der Waals surface area (Å²) in [6.45, 7) is 6.24. The molecule has 0 bridgehead atoms. The van der Waals surface area contributed by atoms with Crippen molar-refractivity contribution >= 4 is 5.65 Å². The summed E-state index contributed by atoms with van der Waals surface area (Å²) < 4.78 is 7.87. The summed E-state index contributed by atoms with van der Waals surface area (Å²) in [6, 6.07) is 6.47. The summed E-state index contributed by atoms with van der Waals surface area (Å²) in [5, 5.41) is 12.1. The highest BCUT2D eigenvalue weighted by Crippen LogP contribution is 2.52. The lowest BCUT2D eigenvalue weighted by Crippen LogP contribution is -2.65. The van der Waals surface area contributed by atoms with Gasteiger partial charge in [0.2, 0.25) is 0 Å². The van der Waals surface area contributed by atoms with Crippen LogP contribution in [-0.4, -0.2) is 33.4 Å². The maximum atomic E-state index is 5.83. The van der Waals surface area contributed by atoms with Crippen LogP contribution in [0.25, 0.3) is 5.65 Å². The molecule has 1 N–H and O–H groups in total. The Hall–Kier alpha value is -1.46. The highest BCUT2D eigenvalue weighted by Gasteiger charge is 2.58. The predicted octanol–water partition coefficient (Wildman–Crippen LogP) is 1.63. The zero-order valence-electron chi connectivity index (χ0n) is 11.9. The third-order valence-electron chi connectivity index (χ3n) is 4.96. The molecule has 5 nitrogen and oxygen atoms in total. The smallest absolute Gasteiger partial charge is 0.160 e. The van der Waals surface area contributed by atoms with E-state index in [-0.39, 0.29) is 5.41 Å². The van der Waals surface area contributed by atoms with Crippen molar-refractivity contribution in [3.63, 3.8) is 0 Å². The van der Waals surface area contributed by atoms with Gasteiger partial charge < -0.3 is 10.1 Å². The van der Waals surface area contributed by atoms with Gasteiger partial charge in [0.15, 0.2) is 11.5 Å². The zero-order valence-corrected chi connectivity index (χ0v) is 11.9. The van der Waals surface area contributed by atoms with E-state index in [0.29, 0.717) is 18.1 Å². The van der Waals surface area contributed by atoms with Gasteiger partial charge in [-0.15, -0.1) is 10.2 Å². The monoisotopic (exact) mass is 272 g/mol. The van der Waals surface area contributed by atoms with Gasteiger partial charge in [-0.3, -0.25) is 4.40 Å². The van der Waals surface area contributed by atoms with Crippen LogP contribution in [0.3, 0.4) is 0 Å². The van der Waals surface area contributed by atoms with Crippen molar-refractivity contribution < 1.29 is 4.74 Å². The first-order chi connectivity index (χ1) is 9.68. The van der Waals surface area contributed by atoms with Crippen molar-refractivity contribution in [2.24, 2.45) is 11.3 Å². The summed E-state index contributed by atoms with van der Waals surface area (Å²) >= 11 is 0. The summed E-state index contributed by atoms with van der Waals surface area (Å²) in [5.74, 6) is 1.63. The van der Waals surface area contributed by atoms with Crippen molar-refractivity contribution in [1.29, 1.82) is 0 Å². The maximum Gasteiger partial charge on any atom is 0.160 e. The van der Waals surface area contributed by atoms with Gasteiger partial charge in [-0.2, -0.15) is 0 Å². The number of nitrogens with one attached hydrogen (secondary N) is 1. The number of ether oxygens (including phenoxy) is 1. The molecule has 0 amide bonds. The van der Waals surface area contributed by atoms with E-state index in [1.165, 1.54) is 6.42 Å². The van der Waals surface area contributed by atoms with E-state index in [9.17, 15) is 0 Å². The molecule has 3 unspecified atom stereocenters. The quantitative estimate of drug-likeness (QED) is 0.922. The Bertz CT molecular complexity index is 636. The van der Waals surface area contributed by atoms with Gasteiger partial charge in [0.25, 0.3) is 0 Å². The molecule has 1 aliphatic heterocycles. The van der Waals surface area contributed by atoms with Crippen LogP contribution in [0.2, 0.25) is 0 Å². The molecule has 1 saturated heterocycles. The fourth-order valence-electron chi connectivity index (χ4n) is 3.95. The van der Waals surface area contributed by atoms with Crippen LogP contribution < -0.4 is 5.32 Å². The molecule has 3 heterocycles. The first-order valence-electron chi connectivity index (χ1n) is 7.31. The fourth-order valence-corrected chi connectivity index (χ4v) is 3.95. The van der Waals surface area contributed by atoms with Crippen LogP contribution in [0.5, 0.6) is 0 Å². The van der Waals surface area contributed by atoms with E-state index in [2.05, 4.69) is 29.4 Å². The largest absolute Gasteiger partial charge is 0.377 e. The highest BCUT2D eigenvalue weighted by molar-refractivity contribution is 5.37. The molecule has 2 fully saturated rings. The molecule has 4 rings (SSSR count). The molecule has 0 aromatic carbocycles. The summed E-state index contributed by atoms with van der Waals surface area (Å²) in [5.41, 5.74) is 1.11. The van der Waals surface area contributed by atoms with E-state index >= 15 is 0 Å². The van der Waals surface area contributed by atoms with Gasteiger partial charge in [-0.1, -0.05) is 19.9 Å². The first-order valence-corrected chi connectivity index (χ1v) is 7.31. The number of nitrogens with zero attached hydrogens (tertiary/aromatic N) is 3. The lowest BCUT2D eigenvalue weighted by molar-refractivity contribution is -0.113. The highest BCUT2D eigenvalue weighted by atomic mass is 16.5. The average Bonchev–Trinajstić information content (AvgIpc) is 3.05. The van der Waals surface area contributed by atoms with Crippen LogP contribution in [0.15, 0.2) is 24.4 Å². The second-order valence-corrected chi connectivity index (χ2v) is 6.47. The molecule has 0 radical (unpaired) electrons. The van der Waals surface area contributed by atoms with Gasteiger partial charge >= 0.3 is 0 Å². The predicted molar refractivity (Wildman–Crippen MR) is 75.2 cm³/mol. The minimum absolute atomic E-state index is 0.210. The Morgan fingerprint density at radius 2 is 2.30 bits per heavy atom. The molecule has 2 aromatic heterocycles. The average molecular weight is 272 g/mol. The van der Waals surface area contributed by atoms with Gasteiger partial charge in [0.1, 0.15) is 0 Å². The Balaban J connectivity index is 1.51. The van der Waals surface area contributed by atoms with Gasteiger partial charge in [0, 0.05) is 30.2 Å². The van der Waals surface area contributed by atoms with Crippen LogP contribution in [0, 0.1) is 11.3 Å². The van der Waals surface area contributed by atoms with Gasteiger partial charge in [0.05, 0.1) is 12.6 Å². The van der Waals surface area contributed by atoms with Crippen molar-refractivity contribution in [2.75, 3.05) is 6.61 Å². The van der Waals surface area contributed by atoms with Crippen LogP contribution in [0.1, 0.15) is 26.1 Å². The number of fused-ring (bicyclic) bond motifs is 2. The zero-order chi connectivity index (χ0) is 13.7. The Labute approximate surface area is 118 Å². The summed E-state index contributed by atoms with van der Waals surface area (Å²) in [7, 11) is 0. The maximum absolute atomic E-state index is 5.83. The number of hydrogen-bond donors (Lipinski definition) is 1. The molecule has 20 heavy (non-hydrogen) atoms. The second-order valence-electron chi connectivity index (χ2n) is 6.47. The van der Waals surface area contributed by atoms with Gasteiger partial charge in [-0.05, 0) is 18.6 Å². The standard InChI is InChI=1S/C15H20N4O/c1-15(2)13(10-6-8-20-14(10)15)16-9-12-18-17-11-5-3-4-7-19(11)12/h3-5,7,10,13-14,16H,6,8-9H2,1-2H3. The van der Waals surface area contributed by atoms with Crippen molar-refractivity contribution in [3.05, 3.63) is 30.2 Å². The number of hydrogen-bond acceptors (Lipinski definition) is 4. The lowest BCUT2D eigenvalue weighted by atomic mass is 9.57. The van der Waals surface area contributed by atoms with Crippen LogP contribution >= 0.6 is 0 Å². The molecule has 2 aromatic rings. The van der Waals surface area contributed by atoms with Crippen LogP contribution in [-0.2, 0) is 11.3 Å². The molecular formula is C15H20N4O. The minimum atomic E-state index is 0.210. The van der Waals surface area contributed by atoms with Gasteiger partial charge in [-0.25, -0.2) is 0 Å². The molecule has 1 saturated carbocycles. The molecule has 106 valence electrons. The Morgan fingerprint density at radius 1 is 1.40 bits per heavy atom. The minimum Gasteiger partial charge on any atom is -0.377 e. The SMILES string of the molecule is CC1(C)C(NCc2nnc3ccccn23)C2CCOC21. The third-order valence-corrected chi connectivity index (χ3v) is 4.96. The normalized spacial score (nSPS) is 31.2. The molecule has 1 aliphatic carbocycles. The molecule has 2 aliphatic rings. The Morgan fingerprint density at radius 3 is 3.20 bits per heavy atom.